The molecule has 1 atom stereocenters. The van der Waals surface area contributed by atoms with Gasteiger partial charge in [0.1, 0.15) is 0 Å². The van der Waals surface area contributed by atoms with Crippen LogP contribution in [0.5, 0.6) is 0 Å². The minimum Gasteiger partial charge on any atom is -0.310 e. The first-order chi connectivity index (χ1) is 9.74. The Balaban J connectivity index is 2.22. The van der Waals surface area contributed by atoms with Crippen LogP contribution in [-0.4, -0.2) is 11.5 Å². The van der Waals surface area contributed by atoms with E-state index in [-0.39, 0.29) is 0 Å². The van der Waals surface area contributed by atoms with Crippen LogP contribution in [0.3, 0.4) is 0 Å². The Morgan fingerprint density at radius 2 is 2.05 bits per heavy atom. The van der Waals surface area contributed by atoms with E-state index in [1.165, 1.54) is 16.8 Å². The van der Waals surface area contributed by atoms with Gasteiger partial charge in [-0.15, -0.1) is 11.3 Å². The highest BCUT2D eigenvalue weighted by molar-refractivity contribution is 7.09. The fourth-order valence-corrected chi connectivity index (χ4v) is 3.14. The van der Waals surface area contributed by atoms with E-state index in [1.807, 2.05) is 0 Å². The van der Waals surface area contributed by atoms with E-state index in [0.29, 0.717) is 6.04 Å². The molecule has 1 N–H and O–H groups in total. The highest BCUT2D eigenvalue weighted by Gasteiger charge is 2.15. The van der Waals surface area contributed by atoms with Gasteiger partial charge in [-0.2, -0.15) is 0 Å². The molecule has 0 saturated carbocycles. The predicted molar refractivity (Wildman–Crippen MR) is 87.4 cm³/mol. The van der Waals surface area contributed by atoms with Gasteiger partial charge in [-0.05, 0) is 37.4 Å². The molecular weight excluding hydrogens is 264 g/mol. The zero-order chi connectivity index (χ0) is 14.4. The molecule has 1 heterocycles. The summed E-state index contributed by atoms with van der Waals surface area (Å²) < 4.78 is 0. The molecule has 108 valence electrons. The Hall–Kier alpha value is -1.19. The monoisotopic (exact) mass is 288 g/mol. The molecule has 0 fully saturated rings. The van der Waals surface area contributed by atoms with E-state index in [9.17, 15) is 0 Å². The minimum atomic E-state index is 0.368. The Bertz CT molecular complexity index is 533. The summed E-state index contributed by atoms with van der Waals surface area (Å²) in [5, 5.41) is 7.02. The van der Waals surface area contributed by atoms with Crippen LogP contribution in [0.2, 0.25) is 0 Å². The standard InChI is InChI=1S/C17H24N2S/c1-4-10-18-17(11-15-12-20-13(3)19-15)16-9-7-6-8-14(16)5-2/h6-9,12,17-18H,4-5,10-11H2,1-3H3. The van der Waals surface area contributed by atoms with E-state index in [0.717, 1.165) is 30.8 Å². The third-order valence-corrected chi connectivity index (χ3v) is 4.35. The molecule has 2 aromatic rings. The molecule has 0 spiro atoms. The first kappa shape index (κ1) is 15.2. The molecular formula is C17H24N2S. The molecule has 3 heteroatoms. The van der Waals surface area contributed by atoms with Crippen molar-refractivity contribution in [1.82, 2.24) is 10.3 Å². The zero-order valence-electron chi connectivity index (χ0n) is 12.6. The topological polar surface area (TPSA) is 24.9 Å². The highest BCUT2D eigenvalue weighted by Crippen LogP contribution is 2.23. The van der Waals surface area contributed by atoms with Gasteiger partial charge in [0, 0.05) is 17.8 Å². The maximum atomic E-state index is 4.62. The van der Waals surface area contributed by atoms with Crippen LogP contribution in [0.1, 0.15) is 48.1 Å². The van der Waals surface area contributed by atoms with E-state index >= 15 is 0 Å². The first-order valence-electron chi connectivity index (χ1n) is 7.46. The van der Waals surface area contributed by atoms with Crippen LogP contribution >= 0.6 is 11.3 Å². The molecule has 0 aliphatic rings. The summed E-state index contributed by atoms with van der Waals surface area (Å²) in [5.41, 5.74) is 4.06. The molecule has 1 aromatic heterocycles. The number of thiazole rings is 1. The molecule has 1 unspecified atom stereocenters. The third-order valence-electron chi connectivity index (χ3n) is 3.53. The van der Waals surface area contributed by atoms with Crippen molar-refractivity contribution in [3.63, 3.8) is 0 Å². The lowest BCUT2D eigenvalue weighted by atomic mass is 9.95. The number of nitrogens with one attached hydrogen (secondary N) is 1. The van der Waals surface area contributed by atoms with Crippen LogP contribution in [0.4, 0.5) is 0 Å². The molecule has 2 nitrogen and oxygen atoms in total. The zero-order valence-corrected chi connectivity index (χ0v) is 13.5. The average Bonchev–Trinajstić information content (AvgIpc) is 2.88. The van der Waals surface area contributed by atoms with Crippen molar-refractivity contribution in [2.75, 3.05) is 6.54 Å². The summed E-state index contributed by atoms with van der Waals surface area (Å²) in [6.07, 6.45) is 3.21. The SMILES string of the molecule is CCCNC(Cc1csc(C)n1)c1ccccc1CC. The van der Waals surface area contributed by atoms with Gasteiger partial charge in [0.05, 0.1) is 10.7 Å². The number of aromatic nitrogens is 1. The Morgan fingerprint density at radius 1 is 1.25 bits per heavy atom. The number of aryl methyl sites for hydroxylation is 2. The molecule has 20 heavy (non-hydrogen) atoms. The fourth-order valence-electron chi connectivity index (χ4n) is 2.52. The summed E-state index contributed by atoms with van der Waals surface area (Å²) in [6.45, 7) is 7.56. The summed E-state index contributed by atoms with van der Waals surface area (Å²) >= 11 is 1.74. The Kier molecular flexibility index (Phi) is 5.74. The molecule has 2 rings (SSSR count). The second-order valence-electron chi connectivity index (χ2n) is 5.12. The van der Waals surface area contributed by atoms with E-state index in [4.69, 9.17) is 0 Å². The van der Waals surface area contributed by atoms with Gasteiger partial charge in [-0.3, -0.25) is 0 Å². The molecule has 0 amide bonds. The van der Waals surface area contributed by atoms with Crippen LogP contribution in [0, 0.1) is 6.92 Å². The predicted octanol–water partition coefficient (Wildman–Crippen LogP) is 4.30. The summed E-state index contributed by atoms with van der Waals surface area (Å²) in [7, 11) is 0. The van der Waals surface area contributed by atoms with Crippen molar-refractivity contribution in [3.05, 3.63) is 51.5 Å². The van der Waals surface area contributed by atoms with Crippen molar-refractivity contribution in [3.8, 4) is 0 Å². The van der Waals surface area contributed by atoms with Crippen LogP contribution in [-0.2, 0) is 12.8 Å². The van der Waals surface area contributed by atoms with Gasteiger partial charge in [-0.25, -0.2) is 4.98 Å². The lowest BCUT2D eigenvalue weighted by Gasteiger charge is -2.21. The highest BCUT2D eigenvalue weighted by atomic mass is 32.1. The van der Waals surface area contributed by atoms with Gasteiger partial charge in [0.2, 0.25) is 0 Å². The third kappa shape index (κ3) is 3.90. The molecule has 0 aliphatic heterocycles. The molecule has 0 radical (unpaired) electrons. The Labute approximate surface area is 126 Å². The van der Waals surface area contributed by atoms with Crippen molar-refractivity contribution in [2.24, 2.45) is 0 Å². The largest absolute Gasteiger partial charge is 0.310 e. The lowest BCUT2D eigenvalue weighted by Crippen LogP contribution is -2.25. The smallest absolute Gasteiger partial charge is 0.0897 e. The Morgan fingerprint density at radius 3 is 2.70 bits per heavy atom. The van der Waals surface area contributed by atoms with Crippen molar-refractivity contribution in [1.29, 1.82) is 0 Å². The van der Waals surface area contributed by atoms with Gasteiger partial charge in [0.25, 0.3) is 0 Å². The van der Waals surface area contributed by atoms with Crippen LogP contribution in [0.25, 0.3) is 0 Å². The summed E-state index contributed by atoms with van der Waals surface area (Å²) in [6, 6.07) is 9.13. The number of hydrogen-bond donors (Lipinski definition) is 1. The second kappa shape index (κ2) is 7.55. The van der Waals surface area contributed by atoms with Crippen molar-refractivity contribution < 1.29 is 0 Å². The van der Waals surface area contributed by atoms with E-state index < -0.39 is 0 Å². The molecule has 0 aliphatic carbocycles. The molecule has 1 aromatic carbocycles. The minimum absolute atomic E-state index is 0.368. The number of hydrogen-bond acceptors (Lipinski definition) is 3. The van der Waals surface area contributed by atoms with E-state index in [2.05, 4.69) is 60.7 Å². The summed E-state index contributed by atoms with van der Waals surface area (Å²) in [5.74, 6) is 0. The van der Waals surface area contributed by atoms with Crippen LogP contribution in [0.15, 0.2) is 29.6 Å². The molecule has 0 bridgehead atoms. The van der Waals surface area contributed by atoms with Crippen LogP contribution < -0.4 is 5.32 Å². The molecule has 0 saturated heterocycles. The van der Waals surface area contributed by atoms with Crippen molar-refractivity contribution >= 4 is 11.3 Å². The summed E-state index contributed by atoms with van der Waals surface area (Å²) in [4.78, 5) is 4.62. The second-order valence-corrected chi connectivity index (χ2v) is 6.18. The van der Waals surface area contributed by atoms with Gasteiger partial charge in [-0.1, -0.05) is 38.1 Å². The maximum Gasteiger partial charge on any atom is 0.0897 e. The normalized spacial score (nSPS) is 12.6. The van der Waals surface area contributed by atoms with E-state index in [1.54, 1.807) is 11.3 Å². The first-order valence-corrected chi connectivity index (χ1v) is 8.34. The number of nitrogens with zero attached hydrogens (tertiary/aromatic N) is 1. The fraction of sp³-hybridized carbons (Fsp3) is 0.471. The number of rotatable bonds is 7. The van der Waals surface area contributed by atoms with Gasteiger partial charge < -0.3 is 5.32 Å². The average molecular weight is 288 g/mol. The van der Waals surface area contributed by atoms with Gasteiger partial charge in [0.15, 0.2) is 0 Å². The number of benzene rings is 1. The maximum absolute atomic E-state index is 4.62. The van der Waals surface area contributed by atoms with Crippen molar-refractivity contribution in [2.45, 2.75) is 46.1 Å². The lowest BCUT2D eigenvalue weighted by molar-refractivity contribution is 0.522. The quantitative estimate of drug-likeness (QED) is 0.821. The van der Waals surface area contributed by atoms with Gasteiger partial charge >= 0.3 is 0 Å².